The number of hydrogen-bond donors (Lipinski definition) is 2. The molecule has 0 aromatic rings. The molecule has 0 radical (unpaired) electrons. The molecule has 0 spiro atoms. The first kappa shape index (κ1) is 10.4. The van der Waals surface area contributed by atoms with Crippen LogP contribution in [0.5, 0.6) is 0 Å². The first-order chi connectivity index (χ1) is 4.98. The Morgan fingerprint density at radius 3 is 2.45 bits per heavy atom. The topological polar surface area (TPSA) is 83.5 Å². The number of nitrogens with one attached hydrogen (secondary N) is 1. The van der Waals surface area contributed by atoms with E-state index in [2.05, 4.69) is 4.72 Å². The number of rotatable bonds is 5. The van der Waals surface area contributed by atoms with Crippen LogP contribution in [0.1, 0.15) is 12.8 Å². The SMILES string of the molecule is CNS(=O)(=O)CCCC(=O)O. The van der Waals surface area contributed by atoms with E-state index in [1.807, 2.05) is 0 Å². The van der Waals surface area contributed by atoms with E-state index in [0.29, 0.717) is 0 Å². The first-order valence-corrected chi connectivity index (χ1v) is 4.76. The number of carbonyl (C=O) groups is 1. The fraction of sp³-hybridized carbons (Fsp3) is 0.800. The van der Waals surface area contributed by atoms with Crippen LogP contribution >= 0.6 is 0 Å². The van der Waals surface area contributed by atoms with Crippen molar-refractivity contribution in [3.63, 3.8) is 0 Å². The number of carboxylic acid groups (broad SMARTS) is 1. The van der Waals surface area contributed by atoms with Gasteiger partial charge in [0.15, 0.2) is 0 Å². The second kappa shape index (κ2) is 4.30. The van der Waals surface area contributed by atoms with E-state index in [4.69, 9.17) is 5.11 Å². The zero-order valence-corrected chi connectivity index (χ0v) is 7.02. The lowest BCUT2D eigenvalue weighted by atomic mass is 10.3. The van der Waals surface area contributed by atoms with Gasteiger partial charge in [0.1, 0.15) is 0 Å². The second-order valence-corrected chi connectivity index (χ2v) is 4.07. The molecule has 11 heavy (non-hydrogen) atoms. The lowest BCUT2D eigenvalue weighted by Crippen LogP contribution is -2.22. The van der Waals surface area contributed by atoms with E-state index < -0.39 is 16.0 Å². The highest BCUT2D eigenvalue weighted by molar-refractivity contribution is 7.89. The summed E-state index contributed by atoms with van der Waals surface area (Å²) in [7, 11) is -1.93. The number of aliphatic carboxylic acids is 1. The summed E-state index contributed by atoms with van der Waals surface area (Å²) in [4.78, 5) is 9.96. The van der Waals surface area contributed by atoms with Gasteiger partial charge in [-0.15, -0.1) is 0 Å². The van der Waals surface area contributed by atoms with Crippen molar-refractivity contribution < 1.29 is 18.3 Å². The Morgan fingerprint density at radius 2 is 2.09 bits per heavy atom. The monoisotopic (exact) mass is 181 g/mol. The van der Waals surface area contributed by atoms with Crippen molar-refractivity contribution >= 4 is 16.0 Å². The predicted molar refractivity (Wildman–Crippen MR) is 39.7 cm³/mol. The van der Waals surface area contributed by atoms with E-state index in [0.717, 1.165) is 0 Å². The van der Waals surface area contributed by atoms with Crippen LogP contribution in [0, 0.1) is 0 Å². The molecular weight excluding hydrogens is 170 g/mol. The van der Waals surface area contributed by atoms with E-state index in [1.54, 1.807) is 0 Å². The molecule has 5 nitrogen and oxygen atoms in total. The normalized spacial score (nSPS) is 11.4. The van der Waals surface area contributed by atoms with E-state index in [1.165, 1.54) is 7.05 Å². The van der Waals surface area contributed by atoms with E-state index >= 15 is 0 Å². The predicted octanol–water partition coefficient (Wildman–Crippen LogP) is -0.600. The summed E-state index contributed by atoms with van der Waals surface area (Å²) in [5.41, 5.74) is 0. The molecule has 0 bridgehead atoms. The van der Waals surface area contributed by atoms with E-state index in [9.17, 15) is 13.2 Å². The van der Waals surface area contributed by atoms with Gasteiger partial charge in [0.2, 0.25) is 10.0 Å². The molecule has 0 fully saturated rings. The third-order valence-corrected chi connectivity index (χ3v) is 2.56. The fourth-order valence-electron chi connectivity index (χ4n) is 0.515. The van der Waals surface area contributed by atoms with Gasteiger partial charge in [0.05, 0.1) is 5.75 Å². The lowest BCUT2D eigenvalue weighted by molar-refractivity contribution is -0.137. The average molecular weight is 181 g/mol. The molecule has 0 aromatic heterocycles. The quantitative estimate of drug-likeness (QED) is 0.593. The minimum Gasteiger partial charge on any atom is -0.481 e. The van der Waals surface area contributed by atoms with Crippen molar-refractivity contribution in [2.75, 3.05) is 12.8 Å². The van der Waals surface area contributed by atoms with Gasteiger partial charge in [-0.05, 0) is 13.5 Å². The van der Waals surface area contributed by atoms with Crippen molar-refractivity contribution in [1.82, 2.24) is 4.72 Å². The summed E-state index contributed by atoms with van der Waals surface area (Å²) >= 11 is 0. The van der Waals surface area contributed by atoms with Crippen LogP contribution in [-0.2, 0) is 14.8 Å². The molecule has 0 aliphatic carbocycles. The maximum Gasteiger partial charge on any atom is 0.303 e. The Morgan fingerprint density at radius 1 is 1.55 bits per heavy atom. The maximum atomic E-state index is 10.7. The van der Waals surface area contributed by atoms with Crippen molar-refractivity contribution in [3.05, 3.63) is 0 Å². The second-order valence-electron chi connectivity index (χ2n) is 2.02. The standard InChI is InChI=1S/C5H11NO4S/c1-6-11(9,10)4-2-3-5(7)8/h6H,2-4H2,1H3,(H,7,8). The molecule has 0 heterocycles. The maximum absolute atomic E-state index is 10.7. The lowest BCUT2D eigenvalue weighted by Gasteiger charge is -1.98. The van der Waals surface area contributed by atoms with Crippen LogP contribution in [0.25, 0.3) is 0 Å². The van der Waals surface area contributed by atoms with Gasteiger partial charge in [-0.2, -0.15) is 0 Å². The van der Waals surface area contributed by atoms with Crippen LogP contribution < -0.4 is 4.72 Å². The minimum atomic E-state index is -3.23. The number of sulfonamides is 1. The molecular formula is C5H11NO4S. The van der Waals surface area contributed by atoms with Crippen LogP contribution in [-0.4, -0.2) is 32.3 Å². The molecule has 0 saturated carbocycles. The molecule has 0 rings (SSSR count). The molecule has 2 N–H and O–H groups in total. The highest BCUT2D eigenvalue weighted by Gasteiger charge is 2.07. The van der Waals surface area contributed by atoms with Gasteiger partial charge < -0.3 is 5.11 Å². The summed E-state index contributed by atoms with van der Waals surface area (Å²) in [5.74, 6) is -1.10. The number of carboxylic acids is 1. The molecule has 0 aliphatic heterocycles. The summed E-state index contributed by atoms with van der Waals surface area (Å²) in [6.45, 7) is 0. The van der Waals surface area contributed by atoms with Gasteiger partial charge in [-0.25, -0.2) is 13.1 Å². The largest absolute Gasteiger partial charge is 0.481 e. The van der Waals surface area contributed by atoms with Gasteiger partial charge in [0.25, 0.3) is 0 Å². The zero-order valence-electron chi connectivity index (χ0n) is 6.20. The Bertz CT molecular complexity index is 221. The molecule has 0 amide bonds. The Balaban J connectivity index is 3.63. The number of hydrogen-bond acceptors (Lipinski definition) is 3. The van der Waals surface area contributed by atoms with Crippen LogP contribution in [0.3, 0.4) is 0 Å². The Labute approximate surface area is 65.5 Å². The third kappa shape index (κ3) is 5.81. The first-order valence-electron chi connectivity index (χ1n) is 3.11. The van der Waals surface area contributed by atoms with Crippen LogP contribution in [0.15, 0.2) is 0 Å². The van der Waals surface area contributed by atoms with Crippen molar-refractivity contribution in [2.45, 2.75) is 12.8 Å². The fourth-order valence-corrected chi connectivity index (χ4v) is 1.24. The molecule has 66 valence electrons. The Hall–Kier alpha value is -0.620. The highest BCUT2D eigenvalue weighted by atomic mass is 32.2. The van der Waals surface area contributed by atoms with Crippen LogP contribution in [0.4, 0.5) is 0 Å². The smallest absolute Gasteiger partial charge is 0.303 e. The van der Waals surface area contributed by atoms with Gasteiger partial charge >= 0.3 is 5.97 Å². The van der Waals surface area contributed by atoms with E-state index in [-0.39, 0.29) is 18.6 Å². The third-order valence-electron chi connectivity index (χ3n) is 1.11. The minimum absolute atomic E-state index is 0.110. The molecule has 0 aromatic carbocycles. The molecule has 0 saturated heterocycles. The van der Waals surface area contributed by atoms with Crippen LogP contribution in [0.2, 0.25) is 0 Å². The summed E-state index contributed by atoms with van der Waals surface area (Å²) in [6.07, 6.45) is 0.0411. The van der Waals surface area contributed by atoms with Crippen molar-refractivity contribution in [3.8, 4) is 0 Å². The molecule has 0 atom stereocenters. The Kier molecular flexibility index (Phi) is 4.06. The van der Waals surface area contributed by atoms with Crippen molar-refractivity contribution in [2.24, 2.45) is 0 Å². The zero-order chi connectivity index (χ0) is 8.91. The average Bonchev–Trinajstić information content (AvgIpc) is 1.87. The van der Waals surface area contributed by atoms with Crippen molar-refractivity contribution in [1.29, 1.82) is 0 Å². The molecule has 0 aliphatic rings. The molecule has 0 unspecified atom stereocenters. The van der Waals surface area contributed by atoms with Gasteiger partial charge in [-0.3, -0.25) is 4.79 Å². The molecule has 6 heteroatoms. The highest BCUT2D eigenvalue weighted by Crippen LogP contribution is 1.93. The summed E-state index contributed by atoms with van der Waals surface area (Å²) < 4.78 is 23.4. The summed E-state index contributed by atoms with van der Waals surface area (Å²) in [6, 6.07) is 0. The van der Waals surface area contributed by atoms with Gasteiger partial charge in [0, 0.05) is 6.42 Å². The summed E-state index contributed by atoms with van der Waals surface area (Å²) in [5, 5.41) is 8.17. The van der Waals surface area contributed by atoms with Gasteiger partial charge in [-0.1, -0.05) is 0 Å².